The molecule has 2 atom stereocenters. The van der Waals surface area contributed by atoms with E-state index in [0.29, 0.717) is 12.6 Å². The van der Waals surface area contributed by atoms with Crippen molar-refractivity contribution >= 4 is 10.9 Å². The summed E-state index contributed by atoms with van der Waals surface area (Å²) in [5.74, 6) is 0. The minimum atomic E-state index is 0.218. The zero-order valence-electron chi connectivity index (χ0n) is 12.7. The van der Waals surface area contributed by atoms with Crippen LogP contribution in [0.15, 0.2) is 36.5 Å². The summed E-state index contributed by atoms with van der Waals surface area (Å²) in [6, 6.07) is 11.2. The zero-order valence-corrected chi connectivity index (χ0v) is 12.7. The van der Waals surface area contributed by atoms with Crippen LogP contribution in [0.4, 0.5) is 0 Å². The van der Waals surface area contributed by atoms with Crippen LogP contribution in [0.25, 0.3) is 10.9 Å². The van der Waals surface area contributed by atoms with E-state index in [1.807, 2.05) is 12.3 Å². The number of aromatic nitrogens is 1. The molecule has 0 amide bonds. The normalized spacial score (nSPS) is 14.7. The maximum Gasteiger partial charge on any atom is 0.0750 e. The lowest BCUT2D eigenvalue weighted by Crippen LogP contribution is -2.37. The van der Waals surface area contributed by atoms with E-state index in [1.54, 1.807) is 0 Å². The van der Waals surface area contributed by atoms with Gasteiger partial charge in [-0.25, -0.2) is 0 Å². The van der Waals surface area contributed by atoms with Gasteiger partial charge in [0.15, 0.2) is 0 Å². The molecule has 0 aliphatic heterocycles. The van der Waals surface area contributed by atoms with Gasteiger partial charge in [-0.15, -0.1) is 0 Å². The molecule has 0 fully saturated rings. The molecule has 0 aliphatic carbocycles. The Balaban J connectivity index is 2.39. The van der Waals surface area contributed by atoms with Gasteiger partial charge >= 0.3 is 0 Å². The van der Waals surface area contributed by atoms with Gasteiger partial charge in [0.1, 0.15) is 0 Å². The highest BCUT2D eigenvalue weighted by Gasteiger charge is 2.21. The molecule has 0 saturated carbocycles. The number of pyridine rings is 1. The molecule has 108 valence electrons. The van der Waals surface area contributed by atoms with E-state index in [1.165, 1.54) is 23.8 Å². The number of hydrogen-bond acceptors (Lipinski definition) is 3. The van der Waals surface area contributed by atoms with Crippen LogP contribution in [0.2, 0.25) is 0 Å². The Morgan fingerprint density at radius 2 is 2.00 bits per heavy atom. The van der Waals surface area contributed by atoms with E-state index in [-0.39, 0.29) is 6.04 Å². The maximum absolute atomic E-state index is 6.06. The number of fused-ring (bicyclic) bond motifs is 1. The molecule has 2 unspecified atom stereocenters. The average Bonchev–Trinajstić information content (AvgIpc) is 2.48. The van der Waals surface area contributed by atoms with Gasteiger partial charge in [-0.3, -0.25) is 9.88 Å². The van der Waals surface area contributed by atoms with Crippen LogP contribution in [-0.4, -0.2) is 29.5 Å². The molecule has 1 aromatic heterocycles. The van der Waals surface area contributed by atoms with Gasteiger partial charge in [-0.1, -0.05) is 37.6 Å². The first-order valence-electron chi connectivity index (χ1n) is 7.44. The first-order chi connectivity index (χ1) is 9.69. The standard InChI is InChI=1S/C17H25N3/c1-4-7-13(2)20(3)16(12-18)15-10-5-8-14-9-6-11-19-17(14)15/h5-6,8-11,13,16H,4,7,12,18H2,1-3H3. The summed E-state index contributed by atoms with van der Waals surface area (Å²) in [4.78, 5) is 6.94. The quantitative estimate of drug-likeness (QED) is 0.876. The fourth-order valence-electron chi connectivity index (χ4n) is 2.84. The van der Waals surface area contributed by atoms with Crippen LogP contribution < -0.4 is 5.73 Å². The number of rotatable bonds is 6. The van der Waals surface area contributed by atoms with Crippen molar-refractivity contribution in [3.63, 3.8) is 0 Å². The summed E-state index contributed by atoms with van der Waals surface area (Å²) >= 11 is 0. The Morgan fingerprint density at radius 3 is 2.70 bits per heavy atom. The van der Waals surface area contributed by atoms with Crippen LogP contribution in [0, 0.1) is 0 Å². The highest BCUT2D eigenvalue weighted by Crippen LogP contribution is 2.27. The summed E-state index contributed by atoms with van der Waals surface area (Å²) < 4.78 is 0. The van der Waals surface area contributed by atoms with Gasteiger partial charge in [0, 0.05) is 30.2 Å². The van der Waals surface area contributed by atoms with Gasteiger partial charge in [0.05, 0.1) is 5.52 Å². The maximum atomic E-state index is 6.06. The van der Waals surface area contributed by atoms with Crippen molar-refractivity contribution in [2.45, 2.75) is 38.8 Å². The SMILES string of the molecule is CCCC(C)N(C)C(CN)c1cccc2cccnc12. The molecule has 0 aliphatic rings. The summed E-state index contributed by atoms with van der Waals surface area (Å²) in [7, 11) is 2.17. The second-order valence-corrected chi connectivity index (χ2v) is 5.48. The molecule has 0 radical (unpaired) electrons. The smallest absolute Gasteiger partial charge is 0.0750 e. The summed E-state index contributed by atoms with van der Waals surface area (Å²) in [6.45, 7) is 5.10. The van der Waals surface area contributed by atoms with Gasteiger partial charge < -0.3 is 5.73 Å². The largest absolute Gasteiger partial charge is 0.329 e. The Morgan fingerprint density at radius 1 is 1.25 bits per heavy atom. The first-order valence-corrected chi connectivity index (χ1v) is 7.44. The topological polar surface area (TPSA) is 42.1 Å². The molecule has 3 nitrogen and oxygen atoms in total. The predicted molar refractivity (Wildman–Crippen MR) is 85.7 cm³/mol. The van der Waals surface area contributed by atoms with Crippen molar-refractivity contribution < 1.29 is 0 Å². The third-order valence-electron chi connectivity index (χ3n) is 4.14. The minimum absolute atomic E-state index is 0.218. The predicted octanol–water partition coefficient (Wildman–Crippen LogP) is 3.36. The molecular weight excluding hydrogens is 246 g/mol. The average molecular weight is 271 g/mol. The van der Waals surface area contributed by atoms with Gasteiger partial charge in [0.25, 0.3) is 0 Å². The number of likely N-dealkylation sites (N-methyl/N-ethyl adjacent to an activating group) is 1. The third-order valence-corrected chi connectivity index (χ3v) is 4.14. The lowest BCUT2D eigenvalue weighted by Gasteiger charge is -2.33. The van der Waals surface area contributed by atoms with Crippen LogP contribution in [-0.2, 0) is 0 Å². The number of benzene rings is 1. The summed E-state index contributed by atoms with van der Waals surface area (Å²) in [5, 5.41) is 1.18. The van der Waals surface area contributed by atoms with Crippen molar-refractivity contribution in [3.05, 3.63) is 42.1 Å². The second kappa shape index (κ2) is 6.82. The monoisotopic (exact) mass is 271 g/mol. The zero-order chi connectivity index (χ0) is 14.5. The Hall–Kier alpha value is -1.45. The fourth-order valence-corrected chi connectivity index (χ4v) is 2.84. The Labute approximate surface area is 121 Å². The number of nitrogens with zero attached hydrogens (tertiary/aromatic N) is 2. The molecule has 2 N–H and O–H groups in total. The highest BCUT2D eigenvalue weighted by molar-refractivity contribution is 5.82. The number of nitrogens with two attached hydrogens (primary N) is 1. The fraction of sp³-hybridized carbons (Fsp3) is 0.471. The Kier molecular flexibility index (Phi) is 5.10. The van der Waals surface area contributed by atoms with E-state index in [2.05, 4.69) is 55.0 Å². The van der Waals surface area contributed by atoms with Gasteiger partial charge in [-0.2, -0.15) is 0 Å². The molecular formula is C17H25N3. The first kappa shape index (κ1) is 14.9. The van der Waals surface area contributed by atoms with Crippen LogP contribution in [0.1, 0.15) is 38.3 Å². The van der Waals surface area contributed by atoms with E-state index in [9.17, 15) is 0 Å². The number of hydrogen-bond donors (Lipinski definition) is 1. The lowest BCUT2D eigenvalue weighted by atomic mass is 9.99. The Bertz CT molecular complexity index is 547. The molecule has 2 rings (SSSR count). The van der Waals surface area contributed by atoms with Crippen LogP contribution >= 0.6 is 0 Å². The third kappa shape index (κ3) is 3.00. The van der Waals surface area contributed by atoms with E-state index < -0.39 is 0 Å². The molecule has 1 aromatic carbocycles. The summed E-state index contributed by atoms with van der Waals surface area (Å²) in [6.07, 6.45) is 4.23. The molecule has 2 aromatic rings. The highest BCUT2D eigenvalue weighted by atomic mass is 15.2. The van der Waals surface area contributed by atoms with E-state index >= 15 is 0 Å². The minimum Gasteiger partial charge on any atom is -0.329 e. The van der Waals surface area contributed by atoms with Crippen LogP contribution in [0.5, 0.6) is 0 Å². The second-order valence-electron chi connectivity index (χ2n) is 5.48. The van der Waals surface area contributed by atoms with Crippen molar-refractivity contribution in [1.82, 2.24) is 9.88 Å². The van der Waals surface area contributed by atoms with Gasteiger partial charge in [-0.05, 0) is 32.0 Å². The summed E-state index contributed by atoms with van der Waals surface area (Å²) in [5.41, 5.74) is 8.36. The molecule has 0 spiro atoms. The molecule has 0 bridgehead atoms. The number of para-hydroxylation sites is 1. The van der Waals surface area contributed by atoms with E-state index in [0.717, 1.165) is 5.52 Å². The van der Waals surface area contributed by atoms with E-state index in [4.69, 9.17) is 5.73 Å². The molecule has 3 heteroatoms. The molecule has 1 heterocycles. The van der Waals surface area contributed by atoms with Crippen molar-refractivity contribution in [3.8, 4) is 0 Å². The molecule has 20 heavy (non-hydrogen) atoms. The van der Waals surface area contributed by atoms with Crippen molar-refractivity contribution in [2.24, 2.45) is 5.73 Å². The van der Waals surface area contributed by atoms with Crippen molar-refractivity contribution in [2.75, 3.05) is 13.6 Å². The van der Waals surface area contributed by atoms with Crippen LogP contribution in [0.3, 0.4) is 0 Å². The van der Waals surface area contributed by atoms with Crippen molar-refractivity contribution in [1.29, 1.82) is 0 Å². The lowest BCUT2D eigenvalue weighted by molar-refractivity contribution is 0.180. The van der Waals surface area contributed by atoms with Gasteiger partial charge in [0.2, 0.25) is 0 Å². The molecule has 0 saturated heterocycles.